The van der Waals surface area contributed by atoms with Gasteiger partial charge in [0.05, 0.1) is 0 Å². The lowest BCUT2D eigenvalue weighted by Gasteiger charge is -2.19. The van der Waals surface area contributed by atoms with E-state index in [-0.39, 0.29) is 11.6 Å². The number of fused-ring (bicyclic) bond motifs is 5. The van der Waals surface area contributed by atoms with Crippen molar-refractivity contribution in [2.24, 2.45) is 0 Å². The lowest BCUT2D eigenvalue weighted by Crippen LogP contribution is -2.20. The van der Waals surface area contributed by atoms with Gasteiger partial charge in [-0.15, -0.1) is 0 Å². The molecule has 2 heteroatoms. The lowest BCUT2D eigenvalue weighted by atomic mass is 9.82. The maximum Gasteiger partial charge on any atom is 0.194 e. The van der Waals surface area contributed by atoms with Gasteiger partial charge >= 0.3 is 0 Å². The van der Waals surface area contributed by atoms with Crippen LogP contribution in [0, 0.1) is 0 Å². The van der Waals surface area contributed by atoms with Crippen LogP contribution < -0.4 is 0 Å². The molecular formula is C38H22O2. The maximum atomic E-state index is 13.5. The Labute approximate surface area is 231 Å². The van der Waals surface area contributed by atoms with Gasteiger partial charge in [0.15, 0.2) is 11.6 Å². The number of ketones is 2. The highest BCUT2D eigenvalue weighted by Crippen LogP contribution is 2.39. The van der Waals surface area contributed by atoms with Gasteiger partial charge in [0.2, 0.25) is 0 Å². The summed E-state index contributed by atoms with van der Waals surface area (Å²) in [6, 6.07) is 45.0. The van der Waals surface area contributed by atoms with Gasteiger partial charge in [0, 0.05) is 22.3 Å². The third-order valence-corrected chi connectivity index (χ3v) is 8.14. The fraction of sp³-hybridized carbons (Fsp3) is 0. The van der Waals surface area contributed by atoms with Gasteiger partial charge in [-0.2, -0.15) is 0 Å². The summed E-state index contributed by atoms with van der Waals surface area (Å²) in [4.78, 5) is 26.7. The van der Waals surface area contributed by atoms with Crippen LogP contribution in [0.3, 0.4) is 0 Å². The number of carbonyl (C=O) groups is 2. The van der Waals surface area contributed by atoms with Crippen LogP contribution in [0.1, 0.15) is 31.8 Å². The summed E-state index contributed by atoms with van der Waals surface area (Å²) >= 11 is 0. The molecule has 0 amide bonds. The van der Waals surface area contributed by atoms with Gasteiger partial charge in [-0.1, -0.05) is 91.0 Å². The maximum absolute atomic E-state index is 13.5. The van der Waals surface area contributed by atoms with E-state index in [0.29, 0.717) is 22.3 Å². The first-order valence-corrected chi connectivity index (χ1v) is 13.4. The van der Waals surface area contributed by atoms with Crippen molar-refractivity contribution in [2.45, 2.75) is 0 Å². The van der Waals surface area contributed by atoms with Crippen molar-refractivity contribution in [3.8, 4) is 22.3 Å². The number of benzene rings is 7. The lowest BCUT2D eigenvalue weighted by molar-refractivity contribution is 0.0979. The minimum Gasteiger partial charge on any atom is -0.289 e. The van der Waals surface area contributed by atoms with Gasteiger partial charge in [0.1, 0.15) is 0 Å². The zero-order valence-corrected chi connectivity index (χ0v) is 21.5. The minimum atomic E-state index is -0.105. The molecule has 0 aliphatic heterocycles. The first kappa shape index (κ1) is 22.6. The van der Waals surface area contributed by atoms with E-state index in [0.717, 1.165) is 33.0 Å². The van der Waals surface area contributed by atoms with E-state index >= 15 is 0 Å². The second-order valence-electron chi connectivity index (χ2n) is 10.5. The van der Waals surface area contributed by atoms with E-state index in [1.807, 2.05) is 30.3 Å². The Morgan fingerprint density at radius 2 is 0.700 bits per heavy atom. The molecule has 0 saturated heterocycles. The number of carbonyl (C=O) groups excluding carboxylic acids is 2. The molecule has 0 N–H and O–H groups in total. The third kappa shape index (κ3) is 3.43. The Morgan fingerprint density at radius 1 is 0.275 bits per heavy atom. The normalized spacial score (nSPS) is 12.6. The summed E-state index contributed by atoms with van der Waals surface area (Å²) in [5.74, 6) is -0.204. The second-order valence-corrected chi connectivity index (χ2v) is 10.5. The van der Waals surface area contributed by atoms with Crippen LogP contribution in [0.25, 0.3) is 54.6 Å². The van der Waals surface area contributed by atoms with Crippen molar-refractivity contribution in [1.82, 2.24) is 0 Å². The molecule has 40 heavy (non-hydrogen) atoms. The molecule has 0 unspecified atom stereocenters. The molecule has 0 saturated carbocycles. The Bertz CT molecular complexity index is 2200. The Balaban J connectivity index is 1.35. The molecule has 186 valence electrons. The average molecular weight is 511 g/mol. The zero-order chi connectivity index (χ0) is 26.8. The molecule has 0 atom stereocenters. The van der Waals surface area contributed by atoms with Crippen molar-refractivity contribution >= 4 is 43.9 Å². The molecule has 2 nitrogen and oxygen atoms in total. The van der Waals surface area contributed by atoms with Crippen LogP contribution in [0.15, 0.2) is 133 Å². The van der Waals surface area contributed by atoms with Crippen LogP contribution in [-0.4, -0.2) is 11.6 Å². The predicted molar refractivity (Wildman–Crippen MR) is 163 cm³/mol. The molecule has 0 radical (unpaired) electrons. The van der Waals surface area contributed by atoms with Crippen LogP contribution in [0.4, 0.5) is 0 Å². The van der Waals surface area contributed by atoms with Crippen molar-refractivity contribution in [3.63, 3.8) is 0 Å². The Morgan fingerprint density at radius 3 is 1.32 bits per heavy atom. The third-order valence-electron chi connectivity index (χ3n) is 8.14. The fourth-order valence-electron chi connectivity index (χ4n) is 6.09. The quantitative estimate of drug-likeness (QED) is 0.217. The van der Waals surface area contributed by atoms with E-state index < -0.39 is 0 Å². The van der Waals surface area contributed by atoms with E-state index in [4.69, 9.17) is 0 Å². The highest BCUT2D eigenvalue weighted by atomic mass is 16.1. The van der Waals surface area contributed by atoms with Crippen LogP contribution in [0.5, 0.6) is 0 Å². The topological polar surface area (TPSA) is 34.1 Å². The van der Waals surface area contributed by atoms with Gasteiger partial charge in [0.25, 0.3) is 0 Å². The molecule has 0 spiro atoms. The summed E-state index contributed by atoms with van der Waals surface area (Å²) in [6.45, 7) is 0. The second kappa shape index (κ2) is 8.59. The fourth-order valence-corrected chi connectivity index (χ4v) is 6.09. The summed E-state index contributed by atoms with van der Waals surface area (Å²) in [7, 11) is 0. The zero-order valence-electron chi connectivity index (χ0n) is 21.5. The van der Waals surface area contributed by atoms with Gasteiger partial charge in [-0.3, -0.25) is 9.59 Å². The van der Waals surface area contributed by atoms with E-state index in [9.17, 15) is 9.59 Å². The Kier molecular flexibility index (Phi) is 4.86. The molecule has 0 bridgehead atoms. The SMILES string of the molecule is O=C1c2ccccc2C(=O)c2cc(-c3cc4ccccc4cc3-c3ccc4cc5ccccc5cc4c3)ccc21. The highest BCUT2D eigenvalue weighted by molar-refractivity contribution is 6.28. The molecule has 7 aromatic carbocycles. The van der Waals surface area contributed by atoms with Crippen molar-refractivity contribution < 1.29 is 9.59 Å². The molecule has 0 aromatic heterocycles. The van der Waals surface area contributed by atoms with E-state index in [1.165, 1.54) is 21.5 Å². The van der Waals surface area contributed by atoms with Gasteiger partial charge in [-0.25, -0.2) is 0 Å². The van der Waals surface area contributed by atoms with E-state index in [2.05, 4.69) is 84.9 Å². The molecular weight excluding hydrogens is 488 g/mol. The number of hydrogen-bond acceptors (Lipinski definition) is 2. The van der Waals surface area contributed by atoms with Crippen molar-refractivity contribution in [3.05, 3.63) is 156 Å². The van der Waals surface area contributed by atoms with Crippen LogP contribution >= 0.6 is 0 Å². The molecule has 8 rings (SSSR count). The van der Waals surface area contributed by atoms with Gasteiger partial charge < -0.3 is 0 Å². The first-order chi connectivity index (χ1) is 19.6. The molecule has 7 aromatic rings. The minimum absolute atomic E-state index is 0.0998. The largest absolute Gasteiger partial charge is 0.289 e. The summed E-state index contributed by atoms with van der Waals surface area (Å²) in [5, 5.41) is 7.09. The highest BCUT2D eigenvalue weighted by Gasteiger charge is 2.29. The first-order valence-electron chi connectivity index (χ1n) is 13.4. The van der Waals surface area contributed by atoms with Crippen molar-refractivity contribution in [2.75, 3.05) is 0 Å². The van der Waals surface area contributed by atoms with Crippen LogP contribution in [0.2, 0.25) is 0 Å². The number of hydrogen-bond donors (Lipinski definition) is 0. The molecule has 0 fully saturated rings. The van der Waals surface area contributed by atoms with Gasteiger partial charge in [-0.05, 0) is 97.0 Å². The summed E-state index contributed by atoms with van der Waals surface area (Å²) in [5.41, 5.74) is 6.01. The number of rotatable bonds is 2. The van der Waals surface area contributed by atoms with Crippen molar-refractivity contribution in [1.29, 1.82) is 0 Å². The molecule has 0 heterocycles. The standard InChI is InChI=1S/C38H22O2/c39-37-31-11-5-6-12-32(31)38(40)36-22-29(15-16-33(36)37)35-21-26-10-4-3-9-25(26)20-34(35)28-14-13-27-17-23-7-1-2-8-24(23)18-30(27)19-28/h1-22H. The average Bonchev–Trinajstić information content (AvgIpc) is 3.01. The molecule has 1 aliphatic carbocycles. The smallest absolute Gasteiger partial charge is 0.194 e. The molecule has 1 aliphatic rings. The predicted octanol–water partition coefficient (Wildman–Crippen LogP) is 9.26. The monoisotopic (exact) mass is 510 g/mol. The Hall–Kier alpha value is -5.34. The summed E-state index contributed by atoms with van der Waals surface area (Å²) < 4.78 is 0. The summed E-state index contributed by atoms with van der Waals surface area (Å²) in [6.07, 6.45) is 0. The van der Waals surface area contributed by atoms with E-state index in [1.54, 1.807) is 18.2 Å². The van der Waals surface area contributed by atoms with Crippen LogP contribution in [-0.2, 0) is 0 Å².